The second-order valence-corrected chi connectivity index (χ2v) is 9.00. The van der Waals surface area contributed by atoms with Gasteiger partial charge in [-0.25, -0.2) is 0 Å². The molecule has 0 saturated carbocycles. The van der Waals surface area contributed by atoms with Crippen LogP contribution < -0.4 is 19.5 Å². The van der Waals surface area contributed by atoms with Gasteiger partial charge in [0.15, 0.2) is 0 Å². The molecule has 0 spiro atoms. The predicted octanol–water partition coefficient (Wildman–Crippen LogP) is 1.66. The van der Waals surface area contributed by atoms with E-state index in [1.807, 2.05) is 30.3 Å². The van der Waals surface area contributed by atoms with Gasteiger partial charge in [-0.3, -0.25) is 9.69 Å². The van der Waals surface area contributed by atoms with Crippen LogP contribution in [0, 0.1) is 0 Å². The van der Waals surface area contributed by atoms with Gasteiger partial charge < -0.3 is 14.8 Å². The van der Waals surface area contributed by atoms with Gasteiger partial charge in [-0.05, 0) is 36.8 Å². The molecule has 3 N–H and O–H groups in total. The van der Waals surface area contributed by atoms with Crippen LogP contribution in [0.25, 0.3) is 0 Å². The summed E-state index contributed by atoms with van der Waals surface area (Å²) in [5.74, 6) is 0.927. The van der Waals surface area contributed by atoms with Gasteiger partial charge in [0.2, 0.25) is 5.91 Å². The summed E-state index contributed by atoms with van der Waals surface area (Å²) in [6.45, 7) is 5.78. The quantitative estimate of drug-likeness (QED) is 0.435. The lowest BCUT2D eigenvalue weighted by Gasteiger charge is -2.26. The molecule has 1 heterocycles. The van der Waals surface area contributed by atoms with Crippen LogP contribution in [-0.4, -0.2) is 64.7 Å². The molecule has 1 atom stereocenters. The van der Waals surface area contributed by atoms with Crippen molar-refractivity contribution < 1.29 is 22.7 Å². The molecule has 0 aromatic heterocycles. The Labute approximate surface area is 201 Å². The number of hydrogen-bond donors (Lipinski definition) is 3. The van der Waals surface area contributed by atoms with Gasteiger partial charge in [0.1, 0.15) is 11.5 Å². The Morgan fingerprint density at radius 2 is 1.79 bits per heavy atom. The van der Waals surface area contributed by atoms with Crippen molar-refractivity contribution >= 4 is 28.5 Å². The zero-order valence-corrected chi connectivity index (χ0v) is 20.2. The van der Waals surface area contributed by atoms with Crippen LogP contribution in [0.1, 0.15) is 12.5 Å². The van der Waals surface area contributed by atoms with Crippen LogP contribution in [0.2, 0.25) is 0 Å². The number of benzene rings is 2. The van der Waals surface area contributed by atoms with Gasteiger partial charge >= 0.3 is 0 Å². The molecule has 2 aromatic rings. The number of rotatable bonds is 11. The SMILES string of the molecule is CC(NS(=O)(=O)NCc1cccc(Oc2ccccc2)c1)C(=O)NCCN1CCOCC1.Cl. The van der Waals surface area contributed by atoms with Gasteiger partial charge in [0, 0.05) is 32.7 Å². The van der Waals surface area contributed by atoms with E-state index in [1.54, 1.807) is 24.3 Å². The fourth-order valence-electron chi connectivity index (χ4n) is 3.16. The molecule has 1 amide bonds. The third kappa shape index (κ3) is 9.66. The van der Waals surface area contributed by atoms with Crippen molar-refractivity contribution in [3.05, 3.63) is 60.2 Å². The standard InChI is InChI=1S/C22H30N4O5S.ClH/c1-18(22(27)23-10-11-26-12-14-30-15-13-26)25-32(28,29)24-17-19-6-5-9-21(16-19)31-20-7-3-2-4-8-20;/h2-9,16,18,24-25H,10-15,17H2,1H3,(H,23,27);1H. The molecule has 1 aliphatic rings. The Morgan fingerprint density at radius 3 is 2.52 bits per heavy atom. The molecular formula is C22H31ClN4O5S. The smallest absolute Gasteiger partial charge is 0.277 e. The van der Waals surface area contributed by atoms with Crippen molar-refractivity contribution in [1.29, 1.82) is 0 Å². The Morgan fingerprint density at radius 1 is 1.09 bits per heavy atom. The summed E-state index contributed by atoms with van der Waals surface area (Å²) < 4.78 is 40.6. The fourth-order valence-corrected chi connectivity index (χ4v) is 4.18. The molecule has 2 aromatic carbocycles. The van der Waals surface area contributed by atoms with E-state index in [-0.39, 0.29) is 24.9 Å². The number of amides is 1. The van der Waals surface area contributed by atoms with E-state index in [2.05, 4.69) is 19.7 Å². The number of carbonyl (C=O) groups is 1. The molecule has 1 fully saturated rings. The lowest BCUT2D eigenvalue weighted by molar-refractivity contribution is -0.122. The normalized spacial score (nSPS) is 15.3. The zero-order valence-electron chi connectivity index (χ0n) is 18.5. The molecule has 33 heavy (non-hydrogen) atoms. The second-order valence-electron chi connectivity index (χ2n) is 7.47. The molecule has 0 aliphatic carbocycles. The zero-order chi connectivity index (χ0) is 22.8. The summed E-state index contributed by atoms with van der Waals surface area (Å²) in [5, 5.41) is 2.76. The van der Waals surface area contributed by atoms with Crippen molar-refractivity contribution in [1.82, 2.24) is 19.7 Å². The number of hydrogen-bond acceptors (Lipinski definition) is 6. The number of ether oxygens (including phenoxy) is 2. The number of carbonyl (C=O) groups excluding carboxylic acids is 1. The first-order valence-corrected chi connectivity index (χ1v) is 12.1. The Bertz CT molecular complexity index is 972. The highest BCUT2D eigenvalue weighted by Gasteiger charge is 2.20. The number of nitrogens with one attached hydrogen (secondary N) is 3. The summed E-state index contributed by atoms with van der Waals surface area (Å²) >= 11 is 0. The average molecular weight is 499 g/mol. The first-order chi connectivity index (χ1) is 15.4. The summed E-state index contributed by atoms with van der Waals surface area (Å²) in [4.78, 5) is 14.4. The highest BCUT2D eigenvalue weighted by molar-refractivity contribution is 7.87. The van der Waals surface area contributed by atoms with Crippen molar-refractivity contribution in [3.63, 3.8) is 0 Å². The molecule has 11 heteroatoms. The number of para-hydroxylation sites is 1. The Balaban J connectivity index is 0.00000385. The summed E-state index contributed by atoms with van der Waals surface area (Å²) in [6, 6.07) is 15.6. The minimum Gasteiger partial charge on any atom is -0.457 e. The van der Waals surface area contributed by atoms with Gasteiger partial charge in [0.25, 0.3) is 10.2 Å². The minimum absolute atomic E-state index is 0. The molecule has 182 valence electrons. The maximum Gasteiger partial charge on any atom is 0.277 e. The van der Waals surface area contributed by atoms with Gasteiger partial charge in [0.05, 0.1) is 19.3 Å². The van der Waals surface area contributed by atoms with Gasteiger partial charge in [-0.1, -0.05) is 30.3 Å². The van der Waals surface area contributed by atoms with Crippen molar-refractivity contribution in [2.75, 3.05) is 39.4 Å². The minimum atomic E-state index is -3.87. The van der Waals surface area contributed by atoms with Crippen molar-refractivity contribution in [2.24, 2.45) is 0 Å². The second kappa shape index (κ2) is 13.5. The van der Waals surface area contributed by atoms with E-state index in [0.29, 0.717) is 37.8 Å². The fraction of sp³-hybridized carbons (Fsp3) is 0.409. The summed E-state index contributed by atoms with van der Waals surface area (Å²) in [6.07, 6.45) is 0. The van der Waals surface area contributed by atoms with Crippen LogP contribution in [-0.2, 0) is 26.3 Å². The van der Waals surface area contributed by atoms with Crippen molar-refractivity contribution in [2.45, 2.75) is 19.5 Å². The maximum absolute atomic E-state index is 12.4. The van der Waals surface area contributed by atoms with Crippen LogP contribution in [0.5, 0.6) is 11.5 Å². The van der Waals surface area contributed by atoms with E-state index in [0.717, 1.165) is 18.7 Å². The highest BCUT2D eigenvalue weighted by atomic mass is 35.5. The molecular weight excluding hydrogens is 468 g/mol. The van der Waals surface area contributed by atoms with E-state index < -0.39 is 16.3 Å². The topological polar surface area (TPSA) is 109 Å². The largest absolute Gasteiger partial charge is 0.457 e. The number of morpholine rings is 1. The first-order valence-electron chi connectivity index (χ1n) is 10.6. The monoisotopic (exact) mass is 498 g/mol. The van der Waals surface area contributed by atoms with Crippen LogP contribution in [0.3, 0.4) is 0 Å². The number of nitrogens with zero attached hydrogens (tertiary/aromatic N) is 1. The third-order valence-electron chi connectivity index (χ3n) is 4.90. The maximum atomic E-state index is 12.4. The molecule has 0 bridgehead atoms. The molecule has 1 saturated heterocycles. The lowest BCUT2D eigenvalue weighted by Crippen LogP contribution is -2.50. The van der Waals surface area contributed by atoms with Crippen LogP contribution >= 0.6 is 12.4 Å². The Hall–Kier alpha value is -2.21. The van der Waals surface area contributed by atoms with E-state index in [9.17, 15) is 13.2 Å². The lowest BCUT2D eigenvalue weighted by atomic mass is 10.2. The summed E-state index contributed by atoms with van der Waals surface area (Å²) in [5.41, 5.74) is 0.728. The number of halogens is 1. The van der Waals surface area contributed by atoms with Crippen LogP contribution in [0.15, 0.2) is 54.6 Å². The van der Waals surface area contributed by atoms with E-state index >= 15 is 0 Å². The Kier molecular flexibility index (Phi) is 11.0. The third-order valence-corrected chi connectivity index (χ3v) is 6.09. The average Bonchev–Trinajstić information content (AvgIpc) is 2.79. The van der Waals surface area contributed by atoms with E-state index in [1.165, 1.54) is 6.92 Å². The highest BCUT2D eigenvalue weighted by Crippen LogP contribution is 2.21. The predicted molar refractivity (Wildman–Crippen MR) is 129 cm³/mol. The van der Waals surface area contributed by atoms with Crippen LogP contribution in [0.4, 0.5) is 0 Å². The van der Waals surface area contributed by atoms with Gasteiger partial charge in [-0.2, -0.15) is 17.9 Å². The molecule has 1 unspecified atom stereocenters. The molecule has 9 nitrogen and oxygen atoms in total. The first kappa shape index (κ1) is 27.0. The molecule has 1 aliphatic heterocycles. The molecule has 3 rings (SSSR count). The summed E-state index contributed by atoms with van der Waals surface area (Å²) in [7, 11) is -3.87. The van der Waals surface area contributed by atoms with Crippen molar-refractivity contribution in [3.8, 4) is 11.5 Å². The molecule has 0 radical (unpaired) electrons. The van der Waals surface area contributed by atoms with E-state index in [4.69, 9.17) is 9.47 Å². The van der Waals surface area contributed by atoms with Gasteiger partial charge in [-0.15, -0.1) is 12.4 Å².